The standard InChI is InChI=1S/C19H14FN3O2/c20-13-8-6-11(7-9-13)14-10-15(12-4-2-1-3-5-12)21-17-16(14)18(24)23-19(25)22-17/h1-10,14H,(H3,21,22,23,24,25). The zero-order valence-corrected chi connectivity index (χ0v) is 13.0. The Labute approximate surface area is 141 Å². The van der Waals surface area contributed by atoms with Gasteiger partial charge in [-0.25, -0.2) is 9.18 Å². The lowest BCUT2D eigenvalue weighted by Crippen LogP contribution is -2.31. The molecule has 5 nitrogen and oxygen atoms in total. The second-order valence-electron chi connectivity index (χ2n) is 5.80. The molecular weight excluding hydrogens is 321 g/mol. The first-order valence-electron chi connectivity index (χ1n) is 7.78. The van der Waals surface area contributed by atoms with E-state index in [-0.39, 0.29) is 5.82 Å². The van der Waals surface area contributed by atoms with Crippen LogP contribution in [-0.2, 0) is 0 Å². The van der Waals surface area contributed by atoms with Crippen LogP contribution in [0.25, 0.3) is 5.70 Å². The first-order valence-corrected chi connectivity index (χ1v) is 7.78. The Hall–Kier alpha value is -3.41. The lowest BCUT2D eigenvalue weighted by atomic mass is 9.88. The molecule has 3 aromatic rings. The van der Waals surface area contributed by atoms with E-state index in [0.717, 1.165) is 16.8 Å². The average Bonchev–Trinajstić information content (AvgIpc) is 2.62. The summed E-state index contributed by atoms with van der Waals surface area (Å²) in [5.41, 5.74) is 1.79. The van der Waals surface area contributed by atoms with Gasteiger partial charge in [0, 0.05) is 11.6 Å². The van der Waals surface area contributed by atoms with Crippen molar-refractivity contribution in [1.82, 2.24) is 9.97 Å². The summed E-state index contributed by atoms with van der Waals surface area (Å²) < 4.78 is 13.3. The largest absolute Gasteiger partial charge is 0.341 e. The number of halogens is 1. The maximum absolute atomic E-state index is 13.3. The normalized spacial score (nSPS) is 15.9. The SMILES string of the molecule is O=c1[nH]c2c(c(=O)[nH]1)C(c1ccc(F)cc1)C=C(c1ccccc1)N2. The van der Waals surface area contributed by atoms with Gasteiger partial charge in [-0.1, -0.05) is 42.5 Å². The molecule has 1 unspecified atom stereocenters. The zero-order valence-electron chi connectivity index (χ0n) is 13.0. The quantitative estimate of drug-likeness (QED) is 0.674. The van der Waals surface area contributed by atoms with E-state index in [1.54, 1.807) is 12.1 Å². The average molecular weight is 335 g/mol. The van der Waals surface area contributed by atoms with Crippen molar-refractivity contribution in [2.75, 3.05) is 5.32 Å². The number of anilines is 1. The van der Waals surface area contributed by atoms with Crippen LogP contribution < -0.4 is 16.6 Å². The van der Waals surface area contributed by atoms with Crippen LogP contribution in [0.15, 0.2) is 70.3 Å². The molecule has 1 aliphatic rings. The highest BCUT2D eigenvalue weighted by atomic mass is 19.1. The predicted molar refractivity (Wildman–Crippen MR) is 94.0 cm³/mol. The Morgan fingerprint density at radius 3 is 2.32 bits per heavy atom. The summed E-state index contributed by atoms with van der Waals surface area (Å²) in [6, 6.07) is 15.6. The van der Waals surface area contributed by atoms with Gasteiger partial charge in [-0.2, -0.15) is 0 Å². The summed E-state index contributed by atoms with van der Waals surface area (Å²) in [6.45, 7) is 0. The third kappa shape index (κ3) is 2.78. The second-order valence-corrected chi connectivity index (χ2v) is 5.80. The summed E-state index contributed by atoms with van der Waals surface area (Å²) in [4.78, 5) is 28.9. The van der Waals surface area contributed by atoms with Crippen molar-refractivity contribution < 1.29 is 4.39 Å². The number of fused-ring (bicyclic) bond motifs is 1. The maximum Gasteiger partial charge on any atom is 0.327 e. The highest BCUT2D eigenvalue weighted by Gasteiger charge is 2.26. The number of H-pyrrole nitrogens is 2. The molecule has 3 N–H and O–H groups in total. The van der Waals surface area contributed by atoms with E-state index in [2.05, 4.69) is 15.3 Å². The molecule has 0 saturated carbocycles. The summed E-state index contributed by atoms with van der Waals surface area (Å²) in [5, 5.41) is 3.12. The van der Waals surface area contributed by atoms with Crippen molar-refractivity contribution >= 4 is 11.5 Å². The molecule has 2 heterocycles. The number of hydrogen-bond donors (Lipinski definition) is 3. The molecule has 124 valence electrons. The van der Waals surface area contributed by atoms with Gasteiger partial charge in [0.15, 0.2) is 0 Å². The van der Waals surface area contributed by atoms with Crippen LogP contribution in [0.2, 0.25) is 0 Å². The molecule has 0 amide bonds. The monoisotopic (exact) mass is 335 g/mol. The number of aromatic nitrogens is 2. The van der Waals surface area contributed by atoms with Gasteiger partial charge in [0.2, 0.25) is 0 Å². The molecule has 6 heteroatoms. The number of hydrogen-bond acceptors (Lipinski definition) is 3. The minimum absolute atomic E-state index is 0.347. The van der Waals surface area contributed by atoms with Crippen LogP contribution in [0.3, 0.4) is 0 Å². The molecule has 0 spiro atoms. The summed E-state index contributed by atoms with van der Waals surface area (Å²) in [5.74, 6) is -0.405. The van der Waals surface area contributed by atoms with Crippen molar-refractivity contribution in [3.05, 3.63) is 104 Å². The smallest absolute Gasteiger partial charge is 0.327 e. The molecule has 0 saturated heterocycles. The molecule has 4 rings (SSSR count). The molecule has 1 atom stereocenters. The van der Waals surface area contributed by atoms with Gasteiger partial charge in [-0.15, -0.1) is 0 Å². The maximum atomic E-state index is 13.3. The van der Waals surface area contributed by atoms with Gasteiger partial charge in [-0.05, 0) is 29.3 Å². The molecular formula is C19H14FN3O2. The molecule has 0 bridgehead atoms. The van der Waals surface area contributed by atoms with Crippen LogP contribution in [0.5, 0.6) is 0 Å². The molecule has 2 aromatic carbocycles. The number of rotatable bonds is 2. The summed E-state index contributed by atoms with van der Waals surface area (Å²) in [7, 11) is 0. The molecule has 0 aliphatic carbocycles. The van der Waals surface area contributed by atoms with Gasteiger partial charge in [-0.3, -0.25) is 14.8 Å². The number of benzene rings is 2. The Morgan fingerprint density at radius 1 is 0.880 bits per heavy atom. The minimum Gasteiger partial charge on any atom is -0.341 e. The number of allylic oxidation sites excluding steroid dienone is 1. The van der Waals surface area contributed by atoms with E-state index < -0.39 is 17.2 Å². The van der Waals surface area contributed by atoms with Crippen molar-refractivity contribution in [3.8, 4) is 0 Å². The zero-order chi connectivity index (χ0) is 17.4. The van der Waals surface area contributed by atoms with E-state index in [9.17, 15) is 14.0 Å². The van der Waals surface area contributed by atoms with Crippen LogP contribution in [0, 0.1) is 5.82 Å². The number of aromatic amines is 2. The van der Waals surface area contributed by atoms with E-state index in [0.29, 0.717) is 11.4 Å². The lowest BCUT2D eigenvalue weighted by molar-refractivity contribution is 0.627. The van der Waals surface area contributed by atoms with E-state index >= 15 is 0 Å². The van der Waals surface area contributed by atoms with Gasteiger partial charge >= 0.3 is 5.69 Å². The van der Waals surface area contributed by atoms with E-state index in [1.165, 1.54) is 12.1 Å². The van der Waals surface area contributed by atoms with E-state index in [1.807, 2.05) is 36.4 Å². The van der Waals surface area contributed by atoms with Crippen LogP contribution in [-0.4, -0.2) is 9.97 Å². The highest BCUT2D eigenvalue weighted by Crippen LogP contribution is 2.35. The van der Waals surface area contributed by atoms with Crippen molar-refractivity contribution in [2.24, 2.45) is 0 Å². The fourth-order valence-electron chi connectivity index (χ4n) is 3.04. The van der Waals surface area contributed by atoms with Crippen LogP contribution in [0.4, 0.5) is 10.2 Å². The van der Waals surface area contributed by atoms with Gasteiger partial charge in [0.1, 0.15) is 11.6 Å². The van der Waals surface area contributed by atoms with Crippen LogP contribution in [0.1, 0.15) is 22.6 Å². The third-order valence-electron chi connectivity index (χ3n) is 4.20. The van der Waals surface area contributed by atoms with E-state index in [4.69, 9.17) is 0 Å². The fraction of sp³-hybridized carbons (Fsp3) is 0.0526. The molecule has 0 fully saturated rings. The molecule has 0 radical (unpaired) electrons. The Morgan fingerprint density at radius 2 is 1.60 bits per heavy atom. The molecule has 25 heavy (non-hydrogen) atoms. The predicted octanol–water partition coefficient (Wildman–Crippen LogP) is 2.80. The third-order valence-corrected chi connectivity index (χ3v) is 4.20. The number of nitrogens with one attached hydrogen (secondary N) is 3. The van der Waals surface area contributed by atoms with Crippen LogP contribution >= 0.6 is 0 Å². The molecule has 1 aliphatic heterocycles. The lowest BCUT2D eigenvalue weighted by Gasteiger charge is -2.25. The highest BCUT2D eigenvalue weighted by molar-refractivity contribution is 5.81. The summed E-state index contributed by atoms with van der Waals surface area (Å²) >= 11 is 0. The minimum atomic E-state index is -0.580. The first-order chi connectivity index (χ1) is 12.1. The van der Waals surface area contributed by atoms with Crippen molar-refractivity contribution in [1.29, 1.82) is 0 Å². The fourth-order valence-corrected chi connectivity index (χ4v) is 3.04. The van der Waals surface area contributed by atoms with Crippen molar-refractivity contribution in [3.63, 3.8) is 0 Å². The summed E-state index contributed by atoms with van der Waals surface area (Å²) in [6.07, 6.45) is 1.90. The Kier molecular flexibility index (Phi) is 3.57. The Balaban J connectivity index is 1.93. The second kappa shape index (κ2) is 5.90. The first kappa shape index (κ1) is 15.1. The topological polar surface area (TPSA) is 77.8 Å². The van der Waals surface area contributed by atoms with Gasteiger partial charge < -0.3 is 5.32 Å². The van der Waals surface area contributed by atoms with Gasteiger partial charge in [0.05, 0.1) is 5.56 Å². The Bertz CT molecular complexity index is 1070. The molecule has 1 aromatic heterocycles. The van der Waals surface area contributed by atoms with Gasteiger partial charge in [0.25, 0.3) is 5.56 Å². The van der Waals surface area contributed by atoms with Crippen molar-refractivity contribution in [2.45, 2.75) is 5.92 Å².